The highest BCUT2D eigenvalue weighted by atomic mass is 16.2. The molecule has 3 nitrogen and oxygen atoms in total. The summed E-state index contributed by atoms with van der Waals surface area (Å²) >= 11 is 0. The number of ketones is 1. The minimum absolute atomic E-state index is 0.118. The Kier molecular flexibility index (Phi) is 2.39. The van der Waals surface area contributed by atoms with Crippen molar-refractivity contribution in [3.8, 4) is 0 Å². The van der Waals surface area contributed by atoms with E-state index in [1.807, 2.05) is 4.90 Å². The van der Waals surface area contributed by atoms with E-state index in [1.54, 1.807) is 13.8 Å². The summed E-state index contributed by atoms with van der Waals surface area (Å²) in [7, 11) is 0. The zero-order chi connectivity index (χ0) is 12.2. The monoisotopic (exact) mass is 233 g/mol. The number of hydrogen-bond donors (Lipinski definition) is 0. The van der Waals surface area contributed by atoms with Gasteiger partial charge in [-0.25, -0.2) is 0 Å². The lowest BCUT2D eigenvalue weighted by Crippen LogP contribution is -2.41. The molecule has 1 saturated carbocycles. The topological polar surface area (TPSA) is 37.4 Å². The van der Waals surface area contributed by atoms with Gasteiger partial charge in [0.25, 0.3) is 0 Å². The van der Waals surface area contributed by atoms with E-state index in [1.165, 1.54) is 12.8 Å². The Hall–Kier alpha value is -1.12. The number of allylic oxidation sites excluding steroid dienone is 1. The first-order valence-electron chi connectivity index (χ1n) is 6.63. The summed E-state index contributed by atoms with van der Waals surface area (Å²) in [6, 6.07) is 0.596. The highest BCUT2D eigenvalue weighted by molar-refractivity contribution is 6.07. The molecule has 0 aromatic heterocycles. The van der Waals surface area contributed by atoms with Crippen LogP contribution in [0.1, 0.15) is 46.0 Å². The molecule has 0 N–H and O–H groups in total. The fourth-order valence-electron chi connectivity index (χ4n) is 3.82. The molecule has 3 atom stereocenters. The van der Waals surface area contributed by atoms with E-state index >= 15 is 0 Å². The minimum Gasteiger partial charge on any atom is -0.332 e. The second-order valence-electron chi connectivity index (χ2n) is 5.74. The van der Waals surface area contributed by atoms with Gasteiger partial charge in [-0.15, -0.1) is 0 Å². The fourth-order valence-corrected chi connectivity index (χ4v) is 3.82. The summed E-state index contributed by atoms with van der Waals surface area (Å²) in [5, 5.41) is 0. The molecule has 0 aromatic carbocycles. The van der Waals surface area contributed by atoms with Gasteiger partial charge in [0, 0.05) is 29.7 Å². The summed E-state index contributed by atoms with van der Waals surface area (Å²) < 4.78 is 0. The van der Waals surface area contributed by atoms with Crippen molar-refractivity contribution in [2.75, 3.05) is 0 Å². The number of rotatable bonds is 0. The van der Waals surface area contributed by atoms with Crippen LogP contribution in [-0.4, -0.2) is 28.7 Å². The average Bonchev–Trinajstić information content (AvgIpc) is 2.83. The number of amides is 1. The lowest BCUT2D eigenvalue weighted by atomic mass is 9.97. The number of Topliss-reactive ketones (excluding diaryl/α,β-unsaturated/α-hetero) is 1. The van der Waals surface area contributed by atoms with Gasteiger partial charge in [-0.3, -0.25) is 9.59 Å². The zero-order valence-corrected chi connectivity index (χ0v) is 10.5. The molecule has 3 aliphatic rings. The molecule has 1 aliphatic carbocycles. The minimum atomic E-state index is 0.118. The Labute approximate surface area is 102 Å². The van der Waals surface area contributed by atoms with Gasteiger partial charge in [-0.05, 0) is 39.0 Å². The molecule has 1 amide bonds. The Morgan fingerprint density at radius 3 is 2.65 bits per heavy atom. The molecule has 92 valence electrons. The maximum absolute atomic E-state index is 12.4. The third-order valence-electron chi connectivity index (χ3n) is 4.90. The summed E-state index contributed by atoms with van der Waals surface area (Å²) in [6.07, 6.45) is 5.19. The van der Waals surface area contributed by atoms with Crippen LogP contribution in [0.3, 0.4) is 0 Å². The molecule has 17 heavy (non-hydrogen) atoms. The molecular formula is C14H19NO2. The summed E-state index contributed by atoms with van der Waals surface area (Å²) in [4.78, 5) is 26.5. The first kappa shape index (κ1) is 11.0. The standard InChI is InChI=1S/C14H19NO2/c1-8-9(2)14(17)15-11(7-13(8)16)6-10-4-3-5-12(10)15/h10-12H,3-7H2,1-2H3/t10-,11-,12-/m1/s1. The van der Waals surface area contributed by atoms with Crippen molar-refractivity contribution in [2.24, 2.45) is 5.92 Å². The number of hydrogen-bond acceptors (Lipinski definition) is 2. The second kappa shape index (κ2) is 3.69. The zero-order valence-electron chi connectivity index (χ0n) is 10.5. The summed E-state index contributed by atoms with van der Waals surface area (Å²) in [6.45, 7) is 3.60. The molecule has 0 unspecified atom stereocenters. The van der Waals surface area contributed by atoms with Crippen molar-refractivity contribution in [1.82, 2.24) is 4.90 Å². The third kappa shape index (κ3) is 1.48. The molecule has 2 fully saturated rings. The molecule has 3 heteroatoms. The van der Waals surface area contributed by atoms with Gasteiger partial charge in [0.2, 0.25) is 5.91 Å². The van der Waals surface area contributed by atoms with Crippen LogP contribution in [0.15, 0.2) is 11.1 Å². The Bertz CT molecular complexity index is 424. The van der Waals surface area contributed by atoms with E-state index in [9.17, 15) is 9.59 Å². The molecule has 1 saturated heterocycles. The lowest BCUT2D eigenvalue weighted by Gasteiger charge is -2.28. The van der Waals surface area contributed by atoms with Gasteiger partial charge < -0.3 is 4.90 Å². The molecule has 0 bridgehead atoms. The van der Waals surface area contributed by atoms with Gasteiger partial charge in [0.1, 0.15) is 0 Å². The van der Waals surface area contributed by atoms with Crippen molar-refractivity contribution in [2.45, 2.75) is 58.0 Å². The summed E-state index contributed by atoms with van der Waals surface area (Å²) in [5.74, 6) is 0.944. The van der Waals surface area contributed by atoms with Crippen molar-refractivity contribution in [3.05, 3.63) is 11.1 Å². The molecule has 0 spiro atoms. The lowest BCUT2D eigenvalue weighted by molar-refractivity contribution is -0.130. The highest BCUT2D eigenvalue weighted by Crippen LogP contribution is 2.44. The number of carbonyl (C=O) groups excluding carboxylic acids is 2. The number of carbonyl (C=O) groups is 2. The Morgan fingerprint density at radius 2 is 1.88 bits per heavy atom. The van der Waals surface area contributed by atoms with Crippen LogP contribution >= 0.6 is 0 Å². The molecule has 0 aromatic rings. The summed E-state index contributed by atoms with van der Waals surface area (Å²) in [5.41, 5.74) is 1.35. The molecule has 2 aliphatic heterocycles. The fraction of sp³-hybridized carbons (Fsp3) is 0.714. The molecular weight excluding hydrogens is 214 g/mol. The number of nitrogens with zero attached hydrogens (tertiary/aromatic N) is 1. The van der Waals surface area contributed by atoms with Crippen molar-refractivity contribution in [1.29, 1.82) is 0 Å². The van der Waals surface area contributed by atoms with E-state index in [4.69, 9.17) is 0 Å². The van der Waals surface area contributed by atoms with E-state index in [-0.39, 0.29) is 17.7 Å². The third-order valence-corrected chi connectivity index (χ3v) is 4.90. The van der Waals surface area contributed by atoms with Crippen LogP contribution < -0.4 is 0 Å². The predicted molar refractivity (Wildman–Crippen MR) is 64.4 cm³/mol. The van der Waals surface area contributed by atoms with E-state index < -0.39 is 0 Å². The number of fused-ring (bicyclic) bond motifs is 3. The Morgan fingerprint density at radius 1 is 1.12 bits per heavy atom. The normalized spacial score (nSPS) is 37.3. The van der Waals surface area contributed by atoms with E-state index in [2.05, 4.69) is 0 Å². The maximum Gasteiger partial charge on any atom is 0.250 e. The maximum atomic E-state index is 12.4. The first-order chi connectivity index (χ1) is 8.09. The van der Waals surface area contributed by atoms with Gasteiger partial charge in [0.15, 0.2) is 5.78 Å². The second-order valence-corrected chi connectivity index (χ2v) is 5.74. The van der Waals surface area contributed by atoms with Gasteiger partial charge in [-0.1, -0.05) is 6.42 Å². The van der Waals surface area contributed by atoms with Crippen LogP contribution in [0, 0.1) is 5.92 Å². The molecule has 2 heterocycles. The van der Waals surface area contributed by atoms with E-state index in [0.29, 0.717) is 29.5 Å². The van der Waals surface area contributed by atoms with Gasteiger partial charge in [0.05, 0.1) is 0 Å². The molecule has 0 radical (unpaired) electrons. The van der Waals surface area contributed by atoms with Crippen LogP contribution in [-0.2, 0) is 9.59 Å². The average molecular weight is 233 g/mol. The van der Waals surface area contributed by atoms with Crippen LogP contribution in [0.5, 0.6) is 0 Å². The van der Waals surface area contributed by atoms with Crippen molar-refractivity contribution < 1.29 is 9.59 Å². The molecule has 3 rings (SSSR count). The Balaban J connectivity index is 1.99. The largest absolute Gasteiger partial charge is 0.332 e. The van der Waals surface area contributed by atoms with Gasteiger partial charge >= 0.3 is 0 Å². The predicted octanol–water partition coefficient (Wildman–Crippen LogP) is 2.07. The van der Waals surface area contributed by atoms with Crippen LogP contribution in [0.2, 0.25) is 0 Å². The van der Waals surface area contributed by atoms with E-state index in [0.717, 1.165) is 12.8 Å². The smallest absolute Gasteiger partial charge is 0.250 e. The highest BCUT2D eigenvalue weighted by Gasteiger charge is 2.47. The quantitative estimate of drug-likeness (QED) is 0.642. The van der Waals surface area contributed by atoms with Crippen LogP contribution in [0.25, 0.3) is 0 Å². The van der Waals surface area contributed by atoms with Crippen molar-refractivity contribution >= 4 is 11.7 Å². The van der Waals surface area contributed by atoms with Crippen LogP contribution in [0.4, 0.5) is 0 Å². The first-order valence-corrected chi connectivity index (χ1v) is 6.63. The SMILES string of the molecule is CC1=C(C)C(=O)N2[C@@H](CC1=O)C[C@H]1CCC[C@H]12. The van der Waals surface area contributed by atoms with Crippen molar-refractivity contribution in [3.63, 3.8) is 0 Å². The van der Waals surface area contributed by atoms with Gasteiger partial charge in [-0.2, -0.15) is 0 Å².